The predicted molar refractivity (Wildman–Crippen MR) is 154 cm³/mol. The summed E-state index contributed by atoms with van der Waals surface area (Å²) in [6.07, 6.45) is 5.77. The van der Waals surface area contributed by atoms with Crippen LogP contribution in [0.4, 0.5) is 20.6 Å². The number of amides is 1. The number of halogens is 1. The minimum absolute atomic E-state index is 0.112. The van der Waals surface area contributed by atoms with E-state index in [4.69, 9.17) is 9.47 Å². The van der Waals surface area contributed by atoms with Crippen LogP contribution in [0.25, 0.3) is 10.9 Å². The van der Waals surface area contributed by atoms with Gasteiger partial charge in [0.15, 0.2) is 11.6 Å². The molecule has 0 saturated carbocycles. The molecule has 3 heterocycles. The summed E-state index contributed by atoms with van der Waals surface area (Å²) in [5.41, 5.74) is 1.52. The number of ether oxygens (including phenoxy) is 2. The van der Waals surface area contributed by atoms with Crippen LogP contribution in [0.2, 0.25) is 0 Å². The first-order chi connectivity index (χ1) is 19.5. The van der Waals surface area contributed by atoms with Gasteiger partial charge >= 0.3 is 6.09 Å². The van der Waals surface area contributed by atoms with Crippen molar-refractivity contribution in [3.8, 4) is 5.75 Å². The van der Waals surface area contributed by atoms with Crippen molar-refractivity contribution in [1.29, 1.82) is 0 Å². The number of rotatable bonds is 6. The van der Waals surface area contributed by atoms with Crippen LogP contribution in [-0.4, -0.2) is 56.3 Å². The second kappa shape index (κ2) is 11.2. The van der Waals surface area contributed by atoms with Crippen LogP contribution < -0.4 is 15.2 Å². The minimum atomic E-state index is -0.567. The number of aromatic amines is 1. The molecule has 216 valence electrons. The van der Waals surface area contributed by atoms with E-state index in [-0.39, 0.29) is 30.0 Å². The fourth-order valence-electron chi connectivity index (χ4n) is 5.12. The Hall–Kier alpha value is -4.41. The number of methoxy groups -OCH3 is 1. The number of H-pyrrole nitrogens is 1. The predicted octanol–water partition coefficient (Wildman–Crippen LogP) is 5.49. The average molecular weight is 563 g/mol. The summed E-state index contributed by atoms with van der Waals surface area (Å²) in [6.45, 7) is 8.58. The molecule has 1 fully saturated rings. The number of anilines is 2. The number of nitrogens with one attached hydrogen (secondary N) is 1. The molecule has 4 aromatic rings. The summed E-state index contributed by atoms with van der Waals surface area (Å²) < 4.78 is 28.0. The van der Waals surface area contributed by atoms with E-state index in [9.17, 15) is 9.59 Å². The largest absolute Gasteiger partial charge is 0.494 e. The molecule has 10 nitrogen and oxygen atoms in total. The second-order valence-corrected chi connectivity index (χ2v) is 11.3. The van der Waals surface area contributed by atoms with Gasteiger partial charge in [-0.3, -0.25) is 9.36 Å². The Kier molecular flexibility index (Phi) is 7.70. The number of nitrogens with zero attached hydrogens (tertiary/aromatic N) is 5. The first-order valence-corrected chi connectivity index (χ1v) is 13.6. The molecule has 0 aliphatic carbocycles. The molecule has 2 aromatic carbocycles. The monoisotopic (exact) mass is 562 g/mol. The third-order valence-electron chi connectivity index (χ3n) is 7.13. The van der Waals surface area contributed by atoms with Crippen LogP contribution in [0.15, 0.2) is 53.8 Å². The van der Waals surface area contributed by atoms with E-state index in [1.54, 1.807) is 57.4 Å². The van der Waals surface area contributed by atoms with Crippen molar-refractivity contribution in [3.63, 3.8) is 0 Å². The number of imidazole rings is 1. The lowest BCUT2D eigenvalue weighted by Gasteiger charge is -2.34. The Morgan fingerprint density at radius 2 is 1.93 bits per heavy atom. The highest BCUT2D eigenvalue weighted by Gasteiger charge is 2.28. The van der Waals surface area contributed by atoms with E-state index in [0.29, 0.717) is 54.0 Å². The van der Waals surface area contributed by atoms with Crippen LogP contribution in [-0.2, 0) is 11.3 Å². The molecule has 1 aliphatic rings. The van der Waals surface area contributed by atoms with Gasteiger partial charge in [0.2, 0.25) is 0 Å². The zero-order chi connectivity index (χ0) is 29.3. The number of carbonyl (C=O) groups excluding carboxylic acids is 1. The van der Waals surface area contributed by atoms with Gasteiger partial charge in [-0.15, -0.1) is 0 Å². The Balaban J connectivity index is 1.48. The van der Waals surface area contributed by atoms with Gasteiger partial charge < -0.3 is 24.3 Å². The highest BCUT2D eigenvalue weighted by atomic mass is 19.1. The highest BCUT2D eigenvalue weighted by Crippen LogP contribution is 2.36. The fraction of sp³-hybridized carbons (Fsp3) is 0.400. The van der Waals surface area contributed by atoms with Crippen LogP contribution in [0.5, 0.6) is 5.75 Å². The van der Waals surface area contributed by atoms with Crippen LogP contribution in [0.1, 0.15) is 51.0 Å². The molecule has 0 unspecified atom stereocenters. The maximum Gasteiger partial charge on any atom is 0.410 e. The van der Waals surface area contributed by atoms with Crippen molar-refractivity contribution < 1.29 is 18.7 Å². The number of piperidine rings is 1. The molecule has 1 saturated heterocycles. The number of benzene rings is 2. The lowest BCUT2D eigenvalue weighted by atomic mass is 10.0. The molecular weight excluding hydrogens is 527 g/mol. The Labute approximate surface area is 237 Å². The quantitative estimate of drug-likeness (QED) is 0.331. The maximum atomic E-state index is 15.6. The Morgan fingerprint density at radius 1 is 1.17 bits per heavy atom. The number of aromatic nitrogens is 4. The number of aryl methyl sites for hydroxylation is 1. The van der Waals surface area contributed by atoms with Crippen molar-refractivity contribution in [2.24, 2.45) is 0 Å². The third-order valence-corrected chi connectivity index (χ3v) is 7.13. The van der Waals surface area contributed by atoms with Gasteiger partial charge in [0.25, 0.3) is 5.56 Å². The lowest BCUT2D eigenvalue weighted by molar-refractivity contribution is 0.0187. The van der Waals surface area contributed by atoms with Gasteiger partial charge in [-0.05, 0) is 76.4 Å². The summed E-state index contributed by atoms with van der Waals surface area (Å²) in [7, 11) is 1.43. The van der Waals surface area contributed by atoms with Gasteiger partial charge in [0.1, 0.15) is 11.4 Å². The molecule has 5 rings (SSSR count). The van der Waals surface area contributed by atoms with Crippen LogP contribution >= 0.6 is 0 Å². The molecule has 0 atom stereocenters. The van der Waals surface area contributed by atoms with E-state index in [1.807, 2.05) is 33.8 Å². The van der Waals surface area contributed by atoms with E-state index in [2.05, 4.69) is 15.0 Å². The molecule has 0 spiro atoms. The minimum Gasteiger partial charge on any atom is -0.494 e. The second-order valence-electron chi connectivity index (χ2n) is 11.3. The van der Waals surface area contributed by atoms with Crippen LogP contribution in [0, 0.1) is 12.7 Å². The van der Waals surface area contributed by atoms with E-state index >= 15 is 4.39 Å². The van der Waals surface area contributed by atoms with Crippen molar-refractivity contribution >= 4 is 28.4 Å². The first kappa shape index (κ1) is 28.1. The van der Waals surface area contributed by atoms with Crippen molar-refractivity contribution in [2.45, 2.75) is 58.7 Å². The number of carbonyl (C=O) groups is 1. The summed E-state index contributed by atoms with van der Waals surface area (Å²) in [5, 5.41) is 0.420. The number of hydrogen-bond acceptors (Lipinski definition) is 7. The van der Waals surface area contributed by atoms with Crippen molar-refractivity contribution in [3.05, 3.63) is 76.6 Å². The number of fused-ring (bicyclic) bond motifs is 1. The van der Waals surface area contributed by atoms with E-state index < -0.39 is 11.4 Å². The molecule has 11 heteroatoms. The van der Waals surface area contributed by atoms with E-state index in [0.717, 1.165) is 5.56 Å². The Bertz CT molecular complexity index is 1600. The highest BCUT2D eigenvalue weighted by molar-refractivity contribution is 5.83. The number of hydrogen-bond donors (Lipinski definition) is 1. The summed E-state index contributed by atoms with van der Waals surface area (Å²) in [4.78, 5) is 41.7. The van der Waals surface area contributed by atoms with Gasteiger partial charge in [-0.25, -0.2) is 19.2 Å². The summed E-state index contributed by atoms with van der Waals surface area (Å²) >= 11 is 0. The molecule has 0 radical (unpaired) electrons. The normalized spacial score (nSPS) is 14.3. The van der Waals surface area contributed by atoms with Gasteiger partial charge in [0.05, 0.1) is 36.6 Å². The van der Waals surface area contributed by atoms with Crippen LogP contribution in [0.3, 0.4) is 0 Å². The maximum absolute atomic E-state index is 15.6. The van der Waals surface area contributed by atoms with Gasteiger partial charge in [-0.2, -0.15) is 0 Å². The van der Waals surface area contributed by atoms with Gasteiger partial charge in [0, 0.05) is 37.2 Å². The number of likely N-dealkylation sites (tertiary alicyclic amines) is 1. The third kappa shape index (κ3) is 6.03. The SMILES string of the molecule is COc1cc(C)cc(N(Cc2ncc[nH]2)c2ccc3ncn(C4CCN(C(=O)OC(C)(C)C)CC4)c(=O)c3c2)c1F. The Morgan fingerprint density at radius 3 is 2.59 bits per heavy atom. The lowest BCUT2D eigenvalue weighted by Crippen LogP contribution is -2.43. The topological polar surface area (TPSA) is 106 Å². The average Bonchev–Trinajstić information content (AvgIpc) is 3.46. The smallest absolute Gasteiger partial charge is 0.410 e. The van der Waals surface area contributed by atoms with Crippen molar-refractivity contribution in [2.75, 3.05) is 25.1 Å². The molecule has 41 heavy (non-hydrogen) atoms. The molecule has 1 amide bonds. The molecule has 0 bridgehead atoms. The van der Waals surface area contributed by atoms with Crippen molar-refractivity contribution in [1.82, 2.24) is 24.4 Å². The summed E-state index contributed by atoms with van der Waals surface area (Å²) in [6, 6.07) is 8.59. The molecule has 1 aliphatic heterocycles. The fourth-order valence-corrected chi connectivity index (χ4v) is 5.12. The zero-order valence-corrected chi connectivity index (χ0v) is 24.0. The summed E-state index contributed by atoms with van der Waals surface area (Å²) in [5.74, 6) is 0.252. The molecule has 2 aromatic heterocycles. The first-order valence-electron chi connectivity index (χ1n) is 13.6. The van der Waals surface area contributed by atoms with E-state index in [1.165, 1.54) is 7.11 Å². The molecule has 1 N–H and O–H groups in total. The molecular formula is C30H35FN6O4. The standard InChI is InChI=1S/C30H35FN6O4/c1-19-14-24(27(31)25(15-19)40-5)36(17-26-32-10-11-33-26)21-6-7-23-22(16-21)28(38)37(18-34-23)20-8-12-35(13-9-20)29(39)41-30(2,3)4/h6-7,10-11,14-16,18,20H,8-9,12-13,17H2,1-5H3,(H,32,33). The van der Waals surface area contributed by atoms with Gasteiger partial charge in [-0.1, -0.05) is 0 Å². The zero-order valence-electron chi connectivity index (χ0n) is 24.0.